The van der Waals surface area contributed by atoms with Crippen molar-refractivity contribution in [1.82, 2.24) is 0 Å². The molecule has 0 unspecified atom stereocenters. The maximum Gasteiger partial charge on any atom is 0.241 e. The monoisotopic (exact) mass is 250 g/mol. The molecule has 0 fully saturated rings. The molecule has 0 spiro atoms. The van der Waals surface area contributed by atoms with Gasteiger partial charge in [-0.3, -0.25) is 4.79 Å². The predicted octanol–water partition coefficient (Wildman–Crippen LogP) is 2.14. The molecule has 18 heavy (non-hydrogen) atoms. The van der Waals surface area contributed by atoms with Crippen molar-refractivity contribution in [3.8, 4) is 0 Å². The van der Waals surface area contributed by atoms with Crippen molar-refractivity contribution < 1.29 is 9.53 Å². The Morgan fingerprint density at radius 1 is 1.33 bits per heavy atom. The van der Waals surface area contributed by atoms with E-state index in [1.54, 1.807) is 7.11 Å². The highest BCUT2D eigenvalue weighted by atomic mass is 16.5. The van der Waals surface area contributed by atoms with Gasteiger partial charge in [-0.05, 0) is 23.1 Å². The molecule has 0 bridgehead atoms. The summed E-state index contributed by atoms with van der Waals surface area (Å²) in [6, 6.07) is 7.00. The van der Waals surface area contributed by atoms with Crippen LogP contribution in [0.25, 0.3) is 0 Å². The van der Waals surface area contributed by atoms with Gasteiger partial charge in [0.2, 0.25) is 5.91 Å². The topological polar surface area (TPSA) is 64.3 Å². The average Bonchev–Trinajstić information content (AvgIpc) is 2.30. The van der Waals surface area contributed by atoms with Crippen LogP contribution >= 0.6 is 0 Å². The number of nitrogens with two attached hydrogens (primary N) is 1. The Labute approximate surface area is 109 Å². The van der Waals surface area contributed by atoms with Crippen LogP contribution in [0.2, 0.25) is 0 Å². The SMILES string of the molecule is COCc1ccc(NC(=O)[C@H](N)C(C)(C)C)cc1. The van der Waals surface area contributed by atoms with Gasteiger partial charge in [0.05, 0.1) is 12.6 Å². The summed E-state index contributed by atoms with van der Waals surface area (Å²) in [5, 5.41) is 2.81. The second-order valence-electron chi connectivity index (χ2n) is 5.46. The van der Waals surface area contributed by atoms with Crippen LogP contribution < -0.4 is 11.1 Å². The summed E-state index contributed by atoms with van der Waals surface area (Å²) in [7, 11) is 1.65. The van der Waals surface area contributed by atoms with E-state index in [2.05, 4.69) is 5.32 Å². The van der Waals surface area contributed by atoms with Gasteiger partial charge in [0.15, 0.2) is 0 Å². The molecule has 0 aromatic heterocycles. The quantitative estimate of drug-likeness (QED) is 0.860. The van der Waals surface area contributed by atoms with Gasteiger partial charge in [0.1, 0.15) is 0 Å². The number of benzene rings is 1. The number of ether oxygens (including phenoxy) is 1. The second-order valence-corrected chi connectivity index (χ2v) is 5.46. The lowest BCUT2D eigenvalue weighted by molar-refractivity contribution is -0.119. The molecule has 0 aliphatic heterocycles. The molecule has 1 aromatic rings. The summed E-state index contributed by atoms with van der Waals surface area (Å²) in [6.07, 6.45) is 0. The maximum absolute atomic E-state index is 11.9. The van der Waals surface area contributed by atoms with Crippen molar-refractivity contribution in [1.29, 1.82) is 0 Å². The van der Waals surface area contributed by atoms with Crippen molar-refractivity contribution in [3.63, 3.8) is 0 Å². The van der Waals surface area contributed by atoms with Crippen molar-refractivity contribution in [2.45, 2.75) is 33.4 Å². The Balaban J connectivity index is 2.65. The molecular weight excluding hydrogens is 228 g/mol. The lowest BCUT2D eigenvalue weighted by Gasteiger charge is -2.25. The number of hydrogen-bond donors (Lipinski definition) is 2. The van der Waals surface area contributed by atoms with E-state index in [1.807, 2.05) is 45.0 Å². The molecule has 0 saturated heterocycles. The molecule has 3 N–H and O–H groups in total. The van der Waals surface area contributed by atoms with Gasteiger partial charge in [0.25, 0.3) is 0 Å². The number of hydrogen-bond acceptors (Lipinski definition) is 3. The van der Waals surface area contributed by atoms with E-state index in [1.165, 1.54) is 0 Å². The second kappa shape index (κ2) is 5.98. The standard InChI is InChI=1S/C14H22N2O2/c1-14(2,3)12(15)13(17)16-11-7-5-10(6-8-11)9-18-4/h5-8,12H,9,15H2,1-4H3,(H,16,17)/t12-/m0/s1. The number of nitrogens with one attached hydrogen (secondary N) is 1. The summed E-state index contributed by atoms with van der Waals surface area (Å²) in [4.78, 5) is 11.9. The summed E-state index contributed by atoms with van der Waals surface area (Å²) >= 11 is 0. The van der Waals surface area contributed by atoms with Gasteiger partial charge in [-0.25, -0.2) is 0 Å². The number of carbonyl (C=O) groups excluding carboxylic acids is 1. The molecule has 0 heterocycles. The summed E-state index contributed by atoms with van der Waals surface area (Å²) in [5.41, 5.74) is 7.45. The van der Waals surface area contributed by atoms with E-state index in [9.17, 15) is 4.79 Å². The zero-order chi connectivity index (χ0) is 13.8. The van der Waals surface area contributed by atoms with Crippen LogP contribution in [0, 0.1) is 5.41 Å². The number of rotatable bonds is 4. The minimum absolute atomic E-state index is 0.165. The summed E-state index contributed by atoms with van der Waals surface area (Å²) < 4.78 is 5.02. The van der Waals surface area contributed by atoms with Crippen molar-refractivity contribution in [3.05, 3.63) is 29.8 Å². The van der Waals surface area contributed by atoms with E-state index >= 15 is 0 Å². The first-order valence-electron chi connectivity index (χ1n) is 5.99. The van der Waals surface area contributed by atoms with Gasteiger partial charge in [-0.1, -0.05) is 32.9 Å². The molecule has 100 valence electrons. The Kier molecular flexibility index (Phi) is 4.87. The molecule has 0 saturated carbocycles. The van der Waals surface area contributed by atoms with E-state index in [4.69, 9.17) is 10.5 Å². The smallest absolute Gasteiger partial charge is 0.241 e. The van der Waals surface area contributed by atoms with E-state index in [-0.39, 0.29) is 11.3 Å². The van der Waals surface area contributed by atoms with E-state index < -0.39 is 6.04 Å². The highest BCUT2D eigenvalue weighted by Gasteiger charge is 2.27. The fourth-order valence-electron chi connectivity index (χ4n) is 1.46. The van der Waals surface area contributed by atoms with Crippen molar-refractivity contribution >= 4 is 11.6 Å². The molecule has 0 aliphatic carbocycles. The molecule has 1 aromatic carbocycles. The van der Waals surface area contributed by atoms with Crippen LogP contribution in [0.5, 0.6) is 0 Å². The number of amides is 1. The fourth-order valence-corrected chi connectivity index (χ4v) is 1.46. The van der Waals surface area contributed by atoms with Crippen LogP contribution in [0.3, 0.4) is 0 Å². The Hall–Kier alpha value is -1.39. The summed E-state index contributed by atoms with van der Waals surface area (Å²) in [5.74, 6) is -0.165. The van der Waals surface area contributed by atoms with E-state index in [0.717, 1.165) is 11.3 Å². The third-order valence-corrected chi connectivity index (χ3v) is 2.75. The minimum Gasteiger partial charge on any atom is -0.380 e. The molecule has 4 heteroatoms. The molecule has 4 nitrogen and oxygen atoms in total. The molecule has 1 amide bonds. The average molecular weight is 250 g/mol. The highest BCUT2D eigenvalue weighted by molar-refractivity contribution is 5.95. The number of methoxy groups -OCH3 is 1. The van der Waals surface area contributed by atoms with Crippen LogP contribution in [0.4, 0.5) is 5.69 Å². The van der Waals surface area contributed by atoms with Crippen molar-refractivity contribution in [2.75, 3.05) is 12.4 Å². The molecule has 1 rings (SSSR count). The largest absolute Gasteiger partial charge is 0.380 e. The van der Waals surface area contributed by atoms with Crippen LogP contribution in [0.1, 0.15) is 26.3 Å². The van der Waals surface area contributed by atoms with Crippen LogP contribution in [-0.4, -0.2) is 19.1 Å². The van der Waals surface area contributed by atoms with Crippen LogP contribution in [-0.2, 0) is 16.1 Å². The van der Waals surface area contributed by atoms with Crippen LogP contribution in [0.15, 0.2) is 24.3 Å². The lowest BCUT2D eigenvalue weighted by Crippen LogP contribution is -2.45. The highest BCUT2D eigenvalue weighted by Crippen LogP contribution is 2.19. The van der Waals surface area contributed by atoms with Gasteiger partial charge in [0, 0.05) is 12.8 Å². The Morgan fingerprint density at radius 3 is 2.33 bits per heavy atom. The molecule has 0 aliphatic rings. The summed E-state index contributed by atoms with van der Waals surface area (Å²) in [6.45, 7) is 6.40. The Morgan fingerprint density at radius 2 is 1.89 bits per heavy atom. The molecule has 1 atom stereocenters. The van der Waals surface area contributed by atoms with Crippen molar-refractivity contribution in [2.24, 2.45) is 11.1 Å². The fraction of sp³-hybridized carbons (Fsp3) is 0.500. The predicted molar refractivity (Wildman–Crippen MR) is 73.2 cm³/mol. The number of carbonyl (C=O) groups is 1. The normalized spacial score (nSPS) is 13.2. The minimum atomic E-state index is -0.531. The number of anilines is 1. The molecule has 0 radical (unpaired) electrons. The lowest BCUT2D eigenvalue weighted by atomic mass is 9.87. The first kappa shape index (κ1) is 14.7. The third-order valence-electron chi connectivity index (χ3n) is 2.75. The Bertz CT molecular complexity index is 393. The van der Waals surface area contributed by atoms with E-state index in [0.29, 0.717) is 6.61 Å². The maximum atomic E-state index is 11.9. The molecular formula is C14H22N2O2. The van der Waals surface area contributed by atoms with Gasteiger partial charge in [-0.15, -0.1) is 0 Å². The third kappa shape index (κ3) is 4.13. The van der Waals surface area contributed by atoms with Gasteiger partial charge < -0.3 is 15.8 Å². The first-order chi connectivity index (χ1) is 8.34. The zero-order valence-electron chi connectivity index (χ0n) is 11.5. The first-order valence-corrected chi connectivity index (χ1v) is 5.99. The van der Waals surface area contributed by atoms with Gasteiger partial charge >= 0.3 is 0 Å². The zero-order valence-corrected chi connectivity index (χ0v) is 11.5. The van der Waals surface area contributed by atoms with Gasteiger partial charge in [-0.2, -0.15) is 0 Å².